The lowest BCUT2D eigenvalue weighted by atomic mass is 10.1. The molecule has 136 valence electrons. The van der Waals surface area contributed by atoms with Gasteiger partial charge in [-0.2, -0.15) is 0 Å². The first-order valence-corrected chi connectivity index (χ1v) is 11.3. The molecule has 1 saturated carbocycles. The van der Waals surface area contributed by atoms with E-state index in [1.807, 2.05) is 36.7 Å². The Balaban J connectivity index is 1.45. The molecule has 8 heteroatoms. The number of rotatable bonds is 4. The highest BCUT2D eigenvalue weighted by Crippen LogP contribution is 2.40. The topological polar surface area (TPSA) is 67.8 Å². The van der Waals surface area contributed by atoms with Crippen molar-refractivity contribution in [1.29, 1.82) is 0 Å². The molecule has 0 spiro atoms. The first-order valence-electron chi connectivity index (χ1n) is 8.68. The number of carbonyl (C=O) groups excluding carboxylic acids is 1. The number of amides is 1. The Labute approximate surface area is 168 Å². The summed E-state index contributed by atoms with van der Waals surface area (Å²) in [5.41, 5.74) is 2.81. The lowest BCUT2D eigenvalue weighted by molar-refractivity contribution is 0.103. The number of nitrogens with zero attached hydrogens (tertiary/aromatic N) is 3. The first kappa shape index (κ1) is 17.0. The van der Waals surface area contributed by atoms with Gasteiger partial charge in [-0.1, -0.05) is 6.07 Å². The van der Waals surface area contributed by atoms with E-state index >= 15 is 0 Å². The largest absolute Gasteiger partial charge is 0.297 e. The van der Waals surface area contributed by atoms with Crippen molar-refractivity contribution >= 4 is 55.3 Å². The van der Waals surface area contributed by atoms with Gasteiger partial charge in [-0.05, 0) is 43.7 Å². The lowest BCUT2D eigenvalue weighted by Gasteiger charge is -2.02. The van der Waals surface area contributed by atoms with Crippen LogP contribution in [-0.4, -0.2) is 20.9 Å². The fraction of sp³-hybridized carbons (Fsp3) is 0.263. The second kappa shape index (κ2) is 6.47. The smallest absolute Gasteiger partial charge is 0.267 e. The molecule has 1 fully saturated rings. The second-order valence-electron chi connectivity index (χ2n) is 6.65. The summed E-state index contributed by atoms with van der Waals surface area (Å²) in [6.07, 6.45) is 2.33. The monoisotopic (exact) mass is 412 g/mol. The molecule has 4 aromatic heterocycles. The van der Waals surface area contributed by atoms with Gasteiger partial charge in [0.05, 0.1) is 21.1 Å². The number of thiazole rings is 1. The highest BCUT2D eigenvalue weighted by atomic mass is 32.1. The van der Waals surface area contributed by atoms with Gasteiger partial charge < -0.3 is 0 Å². The summed E-state index contributed by atoms with van der Waals surface area (Å²) < 4.78 is 0. The molecule has 4 aromatic rings. The third kappa shape index (κ3) is 3.07. The van der Waals surface area contributed by atoms with E-state index in [0.717, 1.165) is 37.9 Å². The van der Waals surface area contributed by atoms with Crippen LogP contribution in [-0.2, 0) is 0 Å². The van der Waals surface area contributed by atoms with Crippen LogP contribution in [0.15, 0.2) is 22.9 Å². The van der Waals surface area contributed by atoms with Crippen molar-refractivity contribution < 1.29 is 4.79 Å². The summed E-state index contributed by atoms with van der Waals surface area (Å²) in [6, 6.07) is 4.03. The number of nitrogens with one attached hydrogen (secondary N) is 1. The van der Waals surface area contributed by atoms with Crippen LogP contribution in [0.1, 0.15) is 45.5 Å². The third-order valence-corrected chi connectivity index (χ3v) is 7.47. The molecule has 1 amide bonds. The van der Waals surface area contributed by atoms with E-state index in [1.54, 1.807) is 11.3 Å². The van der Waals surface area contributed by atoms with Crippen molar-refractivity contribution in [2.45, 2.75) is 32.6 Å². The summed E-state index contributed by atoms with van der Waals surface area (Å²) in [4.78, 5) is 29.5. The molecular formula is C19H16N4OS3. The molecule has 0 atom stereocenters. The summed E-state index contributed by atoms with van der Waals surface area (Å²) in [5.74, 6) is 1.29. The Morgan fingerprint density at radius 2 is 2.04 bits per heavy atom. The van der Waals surface area contributed by atoms with Crippen LogP contribution in [0.5, 0.6) is 0 Å². The third-order valence-electron chi connectivity index (χ3n) is 4.64. The number of hydrogen-bond donors (Lipinski definition) is 1. The van der Waals surface area contributed by atoms with E-state index in [4.69, 9.17) is 4.98 Å². The van der Waals surface area contributed by atoms with Crippen molar-refractivity contribution in [1.82, 2.24) is 15.0 Å². The van der Waals surface area contributed by atoms with Gasteiger partial charge in [-0.25, -0.2) is 15.0 Å². The van der Waals surface area contributed by atoms with Gasteiger partial charge in [0.15, 0.2) is 5.13 Å². The van der Waals surface area contributed by atoms with Crippen LogP contribution in [0.2, 0.25) is 0 Å². The molecule has 1 aliphatic carbocycles. The summed E-state index contributed by atoms with van der Waals surface area (Å²) >= 11 is 4.53. The van der Waals surface area contributed by atoms with E-state index in [2.05, 4.69) is 15.3 Å². The minimum atomic E-state index is -0.130. The molecule has 5 rings (SSSR count). The molecule has 0 bridgehead atoms. The number of thiophene rings is 2. The second-order valence-corrected chi connectivity index (χ2v) is 9.45. The molecule has 0 unspecified atom stereocenters. The molecule has 1 N–H and O–H groups in total. The molecule has 1 aliphatic rings. The zero-order valence-corrected chi connectivity index (χ0v) is 17.2. The van der Waals surface area contributed by atoms with Crippen molar-refractivity contribution in [3.05, 3.63) is 44.9 Å². The molecule has 5 nitrogen and oxygen atoms in total. The Morgan fingerprint density at radius 1 is 1.19 bits per heavy atom. The van der Waals surface area contributed by atoms with Crippen molar-refractivity contribution in [2.24, 2.45) is 0 Å². The van der Waals surface area contributed by atoms with Crippen LogP contribution in [0.3, 0.4) is 0 Å². The maximum atomic E-state index is 12.9. The quantitative estimate of drug-likeness (QED) is 0.472. The van der Waals surface area contributed by atoms with E-state index in [-0.39, 0.29) is 5.91 Å². The van der Waals surface area contributed by atoms with Gasteiger partial charge in [0, 0.05) is 16.7 Å². The van der Waals surface area contributed by atoms with Gasteiger partial charge in [0.25, 0.3) is 5.91 Å². The van der Waals surface area contributed by atoms with E-state index in [9.17, 15) is 4.79 Å². The Hall–Kier alpha value is -2.16. The number of fused-ring (bicyclic) bond motifs is 1. The average molecular weight is 413 g/mol. The predicted octanol–water partition coefficient (Wildman–Crippen LogP) is 5.62. The minimum absolute atomic E-state index is 0.130. The summed E-state index contributed by atoms with van der Waals surface area (Å²) in [6.45, 7) is 3.98. The van der Waals surface area contributed by atoms with Gasteiger partial charge in [-0.15, -0.1) is 34.0 Å². The maximum absolute atomic E-state index is 12.9. The van der Waals surface area contributed by atoms with Crippen LogP contribution >= 0.6 is 34.0 Å². The van der Waals surface area contributed by atoms with E-state index < -0.39 is 0 Å². The summed E-state index contributed by atoms with van der Waals surface area (Å²) in [7, 11) is 0. The van der Waals surface area contributed by atoms with Crippen LogP contribution < -0.4 is 5.32 Å². The molecule has 0 aromatic carbocycles. The Bertz CT molecular complexity index is 1160. The zero-order chi connectivity index (χ0) is 18.5. The standard InChI is InChI=1S/C19H16N4OS3/c1-9-14-10(2)20-16(11-5-6-11)22-18(14)27-15(9)17(24)23-19-21-12(8-26-19)13-4-3-7-25-13/h3-4,7-8,11H,5-6H2,1-2H3,(H,21,23,24). The molecule has 0 aliphatic heterocycles. The van der Waals surface area contributed by atoms with Gasteiger partial charge >= 0.3 is 0 Å². The van der Waals surface area contributed by atoms with Crippen LogP contribution in [0, 0.1) is 13.8 Å². The highest BCUT2D eigenvalue weighted by molar-refractivity contribution is 7.21. The molecular weight excluding hydrogens is 396 g/mol. The molecule has 27 heavy (non-hydrogen) atoms. The van der Waals surface area contributed by atoms with Gasteiger partial charge in [-0.3, -0.25) is 10.1 Å². The molecule has 4 heterocycles. The fourth-order valence-electron chi connectivity index (χ4n) is 3.12. The van der Waals surface area contributed by atoms with Crippen molar-refractivity contribution in [2.75, 3.05) is 5.32 Å². The van der Waals surface area contributed by atoms with Crippen molar-refractivity contribution in [3.8, 4) is 10.6 Å². The predicted molar refractivity (Wildman–Crippen MR) is 112 cm³/mol. The Kier molecular flexibility index (Phi) is 4.07. The molecule has 0 radical (unpaired) electrons. The van der Waals surface area contributed by atoms with E-state index in [1.165, 1.54) is 35.5 Å². The Morgan fingerprint density at radius 3 is 2.78 bits per heavy atom. The van der Waals surface area contributed by atoms with Crippen LogP contribution in [0.4, 0.5) is 5.13 Å². The first-order chi connectivity index (χ1) is 13.1. The van der Waals surface area contributed by atoms with Crippen molar-refractivity contribution in [3.63, 3.8) is 0 Å². The van der Waals surface area contributed by atoms with Gasteiger partial charge in [0.2, 0.25) is 0 Å². The average Bonchev–Trinajstić information content (AvgIpc) is 3.04. The maximum Gasteiger partial charge on any atom is 0.267 e. The van der Waals surface area contributed by atoms with Gasteiger partial charge in [0.1, 0.15) is 10.7 Å². The number of anilines is 1. The summed E-state index contributed by atoms with van der Waals surface area (Å²) in [5, 5.41) is 8.56. The zero-order valence-electron chi connectivity index (χ0n) is 14.8. The van der Waals surface area contributed by atoms with Crippen LogP contribution in [0.25, 0.3) is 20.8 Å². The number of aromatic nitrogens is 3. The lowest BCUT2D eigenvalue weighted by Crippen LogP contribution is -2.11. The number of hydrogen-bond acceptors (Lipinski definition) is 7. The normalized spacial score (nSPS) is 14.0. The fourth-order valence-corrected chi connectivity index (χ4v) is 5.72. The van der Waals surface area contributed by atoms with E-state index in [0.29, 0.717) is 15.9 Å². The number of carbonyl (C=O) groups is 1. The highest BCUT2D eigenvalue weighted by Gasteiger charge is 2.28. The number of aryl methyl sites for hydroxylation is 2. The minimum Gasteiger partial charge on any atom is -0.297 e. The molecule has 0 saturated heterocycles. The SMILES string of the molecule is Cc1nc(C2CC2)nc2sc(C(=O)Nc3nc(-c4cccs4)cs3)c(C)c12.